The minimum atomic E-state index is -8.52. The Morgan fingerprint density at radius 2 is 0.957 bits per heavy atom. The molecule has 3 aromatic rings. The zero-order chi connectivity index (χ0) is 35.0. The van der Waals surface area contributed by atoms with Gasteiger partial charge in [0.05, 0.1) is 12.2 Å². The van der Waals surface area contributed by atoms with Gasteiger partial charge in [-0.25, -0.2) is 0 Å². The maximum absolute atomic E-state index is 15.1. The molecule has 3 rings (SSSR count). The predicted molar refractivity (Wildman–Crippen MR) is 132 cm³/mol. The summed E-state index contributed by atoms with van der Waals surface area (Å²) >= 11 is 0. The molecule has 0 aliphatic carbocycles. The molecule has 0 unspecified atom stereocenters. The van der Waals surface area contributed by atoms with E-state index in [1.807, 2.05) is 0 Å². The second-order valence-corrected chi connectivity index (χ2v) is 9.45. The average molecular weight is 679 g/mol. The van der Waals surface area contributed by atoms with Gasteiger partial charge < -0.3 is 4.90 Å². The molecule has 0 aromatic heterocycles. The quantitative estimate of drug-likeness (QED) is 0.163. The van der Waals surface area contributed by atoms with Crippen molar-refractivity contribution in [2.75, 3.05) is 4.90 Å². The first kappa shape index (κ1) is 36.1. The molecule has 46 heavy (non-hydrogen) atoms. The van der Waals surface area contributed by atoms with Crippen LogP contribution in [0.15, 0.2) is 84.9 Å². The number of nitrogens with zero attached hydrogens (tertiary/aromatic N) is 1. The third kappa shape index (κ3) is 5.96. The van der Waals surface area contributed by atoms with Crippen LogP contribution < -0.4 is 4.90 Å². The molecule has 0 bridgehead atoms. The number of halogens is 15. The van der Waals surface area contributed by atoms with Gasteiger partial charge in [0.1, 0.15) is 0 Å². The summed E-state index contributed by atoms with van der Waals surface area (Å²) in [6.07, 6.45) is -7.74. The molecule has 0 spiro atoms. The Hall–Kier alpha value is -4.36. The molecule has 1 amide bonds. The van der Waals surface area contributed by atoms with E-state index in [0.29, 0.717) is 0 Å². The monoisotopic (exact) mass is 679 g/mol. The van der Waals surface area contributed by atoms with Crippen LogP contribution in [-0.2, 0) is 11.3 Å². The first-order chi connectivity index (χ1) is 20.9. The van der Waals surface area contributed by atoms with Gasteiger partial charge in [-0.3, -0.25) is 4.79 Å². The van der Waals surface area contributed by atoms with Crippen LogP contribution in [0.1, 0.15) is 16.7 Å². The van der Waals surface area contributed by atoms with E-state index in [1.54, 1.807) is 6.07 Å². The number of rotatable bonds is 9. The molecule has 0 saturated heterocycles. The largest absolute Gasteiger partial charge is 0.460 e. The van der Waals surface area contributed by atoms with E-state index in [1.165, 1.54) is 48.5 Å². The minimum Gasteiger partial charge on any atom is -0.301 e. The second-order valence-electron chi connectivity index (χ2n) is 9.45. The summed E-state index contributed by atoms with van der Waals surface area (Å²) in [5.74, 6) is -47.1. The van der Waals surface area contributed by atoms with E-state index in [4.69, 9.17) is 0 Å². The normalized spacial score (nSPS) is 13.5. The SMILES string of the molecule is O=C(N(Cc1ccccc1)c1ccccc1C#Cc1ccccc1)C(F)(F)C(F)(F)C(F)(F)C(F)(F)C(F)(F)C(F)(F)C(F)(F)F. The van der Waals surface area contributed by atoms with E-state index in [0.717, 1.165) is 30.3 Å². The summed E-state index contributed by atoms with van der Waals surface area (Å²) in [6.45, 7) is -1.19. The number of hydrogen-bond donors (Lipinski definition) is 0. The molecule has 0 atom stereocenters. The fraction of sp³-hybridized carbons (Fsp3) is 0.276. The highest BCUT2D eigenvalue weighted by Gasteiger charge is 2.94. The lowest BCUT2D eigenvalue weighted by Gasteiger charge is -2.41. The Kier molecular flexibility index (Phi) is 9.50. The summed E-state index contributed by atoms with van der Waals surface area (Å²) in [7, 11) is 0. The summed E-state index contributed by atoms with van der Waals surface area (Å²) in [5.41, 5.74) is -1.12. The Morgan fingerprint density at radius 3 is 1.48 bits per heavy atom. The van der Waals surface area contributed by atoms with Gasteiger partial charge in [0, 0.05) is 11.1 Å². The lowest BCUT2D eigenvalue weighted by molar-refractivity contribution is -0.449. The summed E-state index contributed by atoms with van der Waals surface area (Å²) in [6, 6.07) is 17.6. The Labute approximate surface area is 249 Å². The van der Waals surface area contributed by atoms with Crippen LogP contribution in [-0.4, -0.2) is 47.6 Å². The van der Waals surface area contributed by atoms with Crippen LogP contribution in [0.5, 0.6) is 0 Å². The highest BCUT2D eigenvalue weighted by molar-refractivity contribution is 6.00. The molecule has 248 valence electrons. The fourth-order valence-electron chi connectivity index (χ4n) is 3.78. The lowest BCUT2D eigenvalue weighted by Crippen LogP contribution is -2.74. The van der Waals surface area contributed by atoms with Gasteiger partial charge in [0.2, 0.25) is 0 Å². The molecule has 0 fully saturated rings. The number of benzene rings is 3. The smallest absolute Gasteiger partial charge is 0.301 e. The van der Waals surface area contributed by atoms with Crippen molar-refractivity contribution in [1.82, 2.24) is 0 Å². The van der Waals surface area contributed by atoms with E-state index in [-0.39, 0.29) is 16.0 Å². The van der Waals surface area contributed by atoms with Gasteiger partial charge in [0.15, 0.2) is 0 Å². The molecule has 0 aliphatic rings. The molecule has 3 aromatic carbocycles. The Morgan fingerprint density at radius 1 is 0.522 bits per heavy atom. The minimum absolute atomic E-state index is 0.172. The summed E-state index contributed by atoms with van der Waals surface area (Å²) in [4.78, 5) is 12.6. The average Bonchev–Trinajstić information content (AvgIpc) is 2.98. The molecular formula is C29H16F15NO. The van der Waals surface area contributed by atoms with Crippen molar-refractivity contribution in [2.45, 2.75) is 48.3 Å². The van der Waals surface area contributed by atoms with Crippen molar-refractivity contribution in [1.29, 1.82) is 0 Å². The van der Waals surface area contributed by atoms with Gasteiger partial charge in [-0.2, -0.15) is 65.9 Å². The third-order valence-electron chi connectivity index (χ3n) is 6.34. The van der Waals surface area contributed by atoms with Crippen molar-refractivity contribution in [3.8, 4) is 11.8 Å². The van der Waals surface area contributed by atoms with E-state index in [9.17, 15) is 61.9 Å². The van der Waals surface area contributed by atoms with E-state index >= 15 is 8.78 Å². The van der Waals surface area contributed by atoms with Crippen LogP contribution in [0.4, 0.5) is 71.5 Å². The maximum Gasteiger partial charge on any atom is 0.460 e. The topological polar surface area (TPSA) is 20.3 Å². The second kappa shape index (κ2) is 12.1. The van der Waals surface area contributed by atoms with Gasteiger partial charge in [0.25, 0.3) is 0 Å². The zero-order valence-electron chi connectivity index (χ0n) is 22.3. The highest BCUT2D eigenvalue weighted by Crippen LogP contribution is 2.62. The molecule has 0 saturated carbocycles. The molecule has 0 radical (unpaired) electrons. The number of carbonyl (C=O) groups excluding carboxylic acids is 1. The van der Waals surface area contributed by atoms with Crippen LogP contribution in [0.2, 0.25) is 0 Å². The van der Waals surface area contributed by atoms with Crippen molar-refractivity contribution >= 4 is 11.6 Å². The number of alkyl halides is 15. The standard InChI is InChI=1S/C29H16F15NO/c30-23(31,24(32,33)25(34,35)26(36,37)27(38,39)28(40,41)29(42,43)44)22(46)45(17-19-11-5-2-6-12-19)21-14-8-7-13-20(21)16-15-18-9-3-1-4-10-18/h1-14H,17H2. The molecular weight excluding hydrogens is 663 g/mol. The first-order valence-corrected chi connectivity index (χ1v) is 12.3. The van der Waals surface area contributed by atoms with Crippen molar-refractivity contribution in [2.24, 2.45) is 0 Å². The summed E-state index contributed by atoms with van der Waals surface area (Å²) in [5, 5.41) is 0. The first-order valence-electron chi connectivity index (χ1n) is 12.3. The molecule has 0 aliphatic heterocycles. The number of para-hydroxylation sites is 1. The van der Waals surface area contributed by atoms with Gasteiger partial charge in [-0.1, -0.05) is 72.5 Å². The Bertz CT molecular complexity index is 1590. The summed E-state index contributed by atoms with van der Waals surface area (Å²) < 4.78 is 207. The van der Waals surface area contributed by atoms with Gasteiger partial charge >= 0.3 is 47.6 Å². The van der Waals surface area contributed by atoms with Crippen LogP contribution in [0.3, 0.4) is 0 Å². The van der Waals surface area contributed by atoms with Crippen molar-refractivity contribution < 1.29 is 70.7 Å². The number of anilines is 1. The third-order valence-corrected chi connectivity index (χ3v) is 6.34. The lowest BCUT2D eigenvalue weighted by atomic mass is 9.90. The van der Waals surface area contributed by atoms with Gasteiger partial charge in [-0.15, -0.1) is 0 Å². The van der Waals surface area contributed by atoms with Crippen LogP contribution in [0, 0.1) is 11.8 Å². The Balaban J connectivity index is 2.18. The van der Waals surface area contributed by atoms with Crippen molar-refractivity contribution in [3.05, 3.63) is 102 Å². The highest BCUT2D eigenvalue weighted by atomic mass is 19.4. The molecule has 0 N–H and O–H groups in total. The van der Waals surface area contributed by atoms with Crippen LogP contribution in [0.25, 0.3) is 0 Å². The van der Waals surface area contributed by atoms with E-state index in [2.05, 4.69) is 11.8 Å². The fourth-order valence-corrected chi connectivity index (χ4v) is 3.78. The molecule has 0 heterocycles. The zero-order valence-corrected chi connectivity index (χ0v) is 22.3. The maximum atomic E-state index is 15.1. The molecule has 17 heteroatoms. The predicted octanol–water partition coefficient (Wildman–Crippen LogP) is 8.99. The number of amides is 1. The number of carbonyl (C=O) groups is 1. The number of hydrogen-bond acceptors (Lipinski definition) is 1. The molecule has 2 nitrogen and oxygen atoms in total. The van der Waals surface area contributed by atoms with Crippen molar-refractivity contribution in [3.63, 3.8) is 0 Å². The van der Waals surface area contributed by atoms with Crippen LogP contribution >= 0.6 is 0 Å². The van der Waals surface area contributed by atoms with Gasteiger partial charge in [-0.05, 0) is 29.8 Å². The van der Waals surface area contributed by atoms with E-state index < -0.39 is 65.4 Å².